The first-order chi connectivity index (χ1) is 9.38. The standard InChI is InChI=1S/C12H5BrCl2FNO3/c13-6-1-2-7(14)11(3-6)20-12-5-9(16)8(15)4-10(12)17(18)19/h1-5H. The highest BCUT2D eigenvalue weighted by molar-refractivity contribution is 9.10. The lowest BCUT2D eigenvalue weighted by Crippen LogP contribution is -1.95. The molecule has 0 spiro atoms. The molecule has 0 heterocycles. The maximum atomic E-state index is 13.4. The first-order valence-corrected chi connectivity index (χ1v) is 6.69. The number of hydrogen-bond donors (Lipinski definition) is 0. The fourth-order valence-corrected chi connectivity index (χ4v) is 2.07. The Morgan fingerprint density at radius 3 is 2.50 bits per heavy atom. The van der Waals surface area contributed by atoms with Crippen molar-refractivity contribution in [2.45, 2.75) is 0 Å². The first-order valence-electron chi connectivity index (χ1n) is 5.15. The fourth-order valence-electron chi connectivity index (χ4n) is 1.42. The van der Waals surface area contributed by atoms with Gasteiger partial charge in [0.15, 0.2) is 0 Å². The Morgan fingerprint density at radius 1 is 1.15 bits per heavy atom. The van der Waals surface area contributed by atoms with Crippen molar-refractivity contribution in [3.05, 3.63) is 60.8 Å². The van der Waals surface area contributed by atoms with Crippen LogP contribution >= 0.6 is 39.1 Å². The number of nitro benzene ring substituents is 1. The summed E-state index contributed by atoms with van der Waals surface area (Å²) in [5, 5.41) is 10.8. The molecule has 0 aliphatic rings. The molecule has 2 aromatic carbocycles. The monoisotopic (exact) mass is 379 g/mol. The van der Waals surface area contributed by atoms with Crippen molar-refractivity contribution in [1.82, 2.24) is 0 Å². The van der Waals surface area contributed by atoms with Crippen LogP contribution in [0.3, 0.4) is 0 Å². The average molecular weight is 381 g/mol. The molecule has 0 radical (unpaired) electrons. The summed E-state index contributed by atoms with van der Waals surface area (Å²) in [7, 11) is 0. The smallest absolute Gasteiger partial charge is 0.313 e. The van der Waals surface area contributed by atoms with E-state index in [1.165, 1.54) is 6.07 Å². The van der Waals surface area contributed by atoms with E-state index in [1.807, 2.05) is 0 Å². The Kier molecular flexibility index (Phi) is 4.47. The van der Waals surface area contributed by atoms with E-state index in [-0.39, 0.29) is 21.5 Å². The summed E-state index contributed by atoms with van der Waals surface area (Å²) in [5.41, 5.74) is -0.451. The molecular formula is C12H5BrCl2FNO3. The SMILES string of the molecule is O=[N+]([O-])c1cc(Cl)c(F)cc1Oc1cc(Br)ccc1Cl. The van der Waals surface area contributed by atoms with Gasteiger partial charge in [0, 0.05) is 16.6 Å². The molecule has 104 valence electrons. The van der Waals surface area contributed by atoms with E-state index in [0.29, 0.717) is 4.47 Å². The number of rotatable bonds is 3. The van der Waals surface area contributed by atoms with Gasteiger partial charge in [0.25, 0.3) is 0 Å². The van der Waals surface area contributed by atoms with Crippen molar-refractivity contribution < 1.29 is 14.1 Å². The number of nitro groups is 1. The number of hydrogen-bond acceptors (Lipinski definition) is 3. The zero-order valence-electron chi connectivity index (χ0n) is 9.57. The summed E-state index contributed by atoms with van der Waals surface area (Å²) in [4.78, 5) is 10.2. The minimum Gasteiger partial charge on any atom is -0.448 e. The van der Waals surface area contributed by atoms with Crippen molar-refractivity contribution in [2.75, 3.05) is 0 Å². The third kappa shape index (κ3) is 3.20. The zero-order valence-corrected chi connectivity index (χ0v) is 12.7. The van der Waals surface area contributed by atoms with Crippen LogP contribution in [0.15, 0.2) is 34.8 Å². The molecule has 0 N–H and O–H groups in total. The molecule has 2 rings (SSSR count). The van der Waals surface area contributed by atoms with Gasteiger partial charge in [-0.05, 0) is 18.2 Å². The van der Waals surface area contributed by atoms with Crippen molar-refractivity contribution in [3.63, 3.8) is 0 Å². The number of halogens is 4. The molecule has 0 aliphatic carbocycles. The van der Waals surface area contributed by atoms with E-state index in [4.69, 9.17) is 27.9 Å². The molecule has 0 aromatic heterocycles. The molecule has 2 aromatic rings. The lowest BCUT2D eigenvalue weighted by molar-refractivity contribution is -0.385. The van der Waals surface area contributed by atoms with Crippen LogP contribution in [-0.2, 0) is 0 Å². The molecule has 8 heteroatoms. The van der Waals surface area contributed by atoms with Crippen LogP contribution in [0.1, 0.15) is 0 Å². The second-order valence-corrected chi connectivity index (χ2v) is 5.40. The normalized spacial score (nSPS) is 10.4. The van der Waals surface area contributed by atoms with Crippen LogP contribution in [0.25, 0.3) is 0 Å². The summed E-state index contributed by atoms with van der Waals surface area (Å²) in [6, 6.07) is 6.46. The van der Waals surface area contributed by atoms with Gasteiger partial charge in [-0.2, -0.15) is 0 Å². The Bertz CT molecular complexity index is 697. The van der Waals surface area contributed by atoms with Crippen molar-refractivity contribution in [1.29, 1.82) is 0 Å². The number of ether oxygens (including phenoxy) is 1. The van der Waals surface area contributed by atoms with Crippen molar-refractivity contribution in [2.24, 2.45) is 0 Å². The van der Waals surface area contributed by atoms with Crippen LogP contribution in [0, 0.1) is 15.9 Å². The predicted molar refractivity (Wildman–Crippen MR) is 77.3 cm³/mol. The molecule has 0 saturated carbocycles. The minimum absolute atomic E-state index is 0.158. The Morgan fingerprint density at radius 2 is 1.85 bits per heavy atom. The van der Waals surface area contributed by atoms with Crippen molar-refractivity contribution >= 4 is 44.8 Å². The average Bonchev–Trinajstić information content (AvgIpc) is 2.37. The molecule has 0 bridgehead atoms. The molecule has 0 amide bonds. The van der Waals surface area contributed by atoms with Crippen LogP contribution in [0.2, 0.25) is 10.0 Å². The summed E-state index contributed by atoms with van der Waals surface area (Å²) < 4.78 is 19.4. The van der Waals surface area contributed by atoms with Crippen molar-refractivity contribution in [3.8, 4) is 11.5 Å². The van der Waals surface area contributed by atoms with Gasteiger partial charge in [0.05, 0.1) is 15.0 Å². The first kappa shape index (κ1) is 15.0. The highest BCUT2D eigenvalue weighted by Crippen LogP contribution is 2.38. The van der Waals surface area contributed by atoms with E-state index in [1.54, 1.807) is 12.1 Å². The van der Waals surface area contributed by atoms with Gasteiger partial charge in [-0.25, -0.2) is 4.39 Å². The summed E-state index contributed by atoms with van der Waals surface area (Å²) >= 11 is 14.6. The number of nitrogens with zero attached hydrogens (tertiary/aromatic N) is 1. The van der Waals surface area contributed by atoms with E-state index < -0.39 is 16.4 Å². The lowest BCUT2D eigenvalue weighted by atomic mass is 10.3. The molecule has 0 saturated heterocycles. The van der Waals surface area contributed by atoms with Gasteiger partial charge >= 0.3 is 5.69 Å². The third-order valence-electron chi connectivity index (χ3n) is 2.31. The highest BCUT2D eigenvalue weighted by atomic mass is 79.9. The maximum absolute atomic E-state index is 13.4. The molecule has 20 heavy (non-hydrogen) atoms. The Hall–Kier alpha value is -1.37. The Balaban J connectivity index is 2.50. The lowest BCUT2D eigenvalue weighted by Gasteiger charge is -2.09. The van der Waals surface area contributed by atoms with E-state index in [9.17, 15) is 14.5 Å². The van der Waals surface area contributed by atoms with Gasteiger partial charge < -0.3 is 4.74 Å². The molecule has 0 atom stereocenters. The summed E-state index contributed by atoms with van der Waals surface area (Å²) in [6.07, 6.45) is 0. The molecule has 0 unspecified atom stereocenters. The maximum Gasteiger partial charge on any atom is 0.313 e. The zero-order chi connectivity index (χ0) is 14.9. The van der Waals surface area contributed by atoms with Gasteiger partial charge in [-0.1, -0.05) is 39.1 Å². The second-order valence-electron chi connectivity index (χ2n) is 3.67. The minimum atomic E-state index is -0.821. The van der Waals surface area contributed by atoms with Gasteiger partial charge in [0.2, 0.25) is 5.75 Å². The van der Waals surface area contributed by atoms with E-state index in [2.05, 4.69) is 15.9 Å². The largest absolute Gasteiger partial charge is 0.448 e. The Labute approximate surface area is 131 Å². The van der Waals surface area contributed by atoms with E-state index in [0.717, 1.165) is 12.1 Å². The predicted octanol–water partition coefficient (Wildman–Crippen LogP) is 5.60. The van der Waals surface area contributed by atoms with Gasteiger partial charge in [-0.3, -0.25) is 10.1 Å². The summed E-state index contributed by atoms with van der Waals surface area (Å²) in [6.45, 7) is 0. The fraction of sp³-hybridized carbons (Fsp3) is 0. The third-order valence-corrected chi connectivity index (χ3v) is 3.41. The van der Waals surface area contributed by atoms with Gasteiger partial charge in [0.1, 0.15) is 11.6 Å². The van der Waals surface area contributed by atoms with E-state index >= 15 is 0 Å². The van der Waals surface area contributed by atoms with Crippen LogP contribution in [0.4, 0.5) is 10.1 Å². The molecule has 0 aliphatic heterocycles. The van der Waals surface area contributed by atoms with Crippen LogP contribution in [-0.4, -0.2) is 4.92 Å². The second kappa shape index (κ2) is 5.95. The molecule has 4 nitrogen and oxygen atoms in total. The topological polar surface area (TPSA) is 52.4 Å². The molecular weight excluding hydrogens is 376 g/mol. The quantitative estimate of drug-likeness (QED) is 0.514. The highest BCUT2D eigenvalue weighted by Gasteiger charge is 2.20. The number of benzene rings is 2. The summed E-state index contributed by atoms with van der Waals surface area (Å²) in [5.74, 6) is -0.943. The van der Waals surface area contributed by atoms with Crippen LogP contribution < -0.4 is 4.74 Å². The molecule has 0 fully saturated rings. The van der Waals surface area contributed by atoms with Crippen LogP contribution in [0.5, 0.6) is 11.5 Å². The van der Waals surface area contributed by atoms with Gasteiger partial charge in [-0.15, -0.1) is 0 Å².